The van der Waals surface area contributed by atoms with Gasteiger partial charge < -0.3 is 9.88 Å². The first-order chi connectivity index (χ1) is 12.1. The minimum atomic E-state index is -0.251. The molecule has 2 heterocycles. The Labute approximate surface area is 149 Å². The fourth-order valence-corrected chi connectivity index (χ4v) is 3.31. The molecule has 3 aromatic rings. The molecular weight excluding hydrogens is 338 g/mol. The minimum Gasteiger partial charge on any atom is -0.354 e. The molecule has 0 spiro atoms. The van der Waals surface area contributed by atoms with Gasteiger partial charge in [-0.1, -0.05) is 30.0 Å². The van der Waals surface area contributed by atoms with Crippen LogP contribution in [-0.4, -0.2) is 37.5 Å². The van der Waals surface area contributed by atoms with Crippen molar-refractivity contribution in [1.82, 2.24) is 24.6 Å². The van der Waals surface area contributed by atoms with Crippen LogP contribution < -0.4 is 10.9 Å². The van der Waals surface area contributed by atoms with Crippen LogP contribution in [0.15, 0.2) is 46.6 Å². The first kappa shape index (κ1) is 17.2. The molecule has 0 unspecified atom stereocenters. The maximum Gasteiger partial charge on any atom is 0.275 e. The zero-order valence-corrected chi connectivity index (χ0v) is 14.9. The van der Waals surface area contributed by atoms with Gasteiger partial charge >= 0.3 is 0 Å². The molecule has 0 radical (unpaired) electrons. The van der Waals surface area contributed by atoms with Crippen LogP contribution in [0.3, 0.4) is 0 Å². The van der Waals surface area contributed by atoms with Gasteiger partial charge in [-0.2, -0.15) is 5.10 Å². The van der Waals surface area contributed by atoms with Crippen molar-refractivity contribution >= 4 is 28.4 Å². The SMILES string of the molecule is Cc1nn(CC(=O)NCCSc2nccn2C)c(=O)c2ccccc12. The highest BCUT2D eigenvalue weighted by molar-refractivity contribution is 7.99. The van der Waals surface area contributed by atoms with Crippen LogP contribution in [0, 0.1) is 6.92 Å². The van der Waals surface area contributed by atoms with E-state index in [-0.39, 0.29) is 18.0 Å². The van der Waals surface area contributed by atoms with Crippen molar-refractivity contribution < 1.29 is 4.79 Å². The standard InChI is InChI=1S/C17H19N5O2S/c1-12-13-5-3-4-6-14(13)16(24)22(20-12)11-15(23)18-8-10-25-17-19-7-9-21(17)2/h3-7,9H,8,10-11H2,1-2H3,(H,18,23). The quantitative estimate of drug-likeness (QED) is 0.532. The highest BCUT2D eigenvalue weighted by Gasteiger charge is 2.10. The third kappa shape index (κ3) is 3.90. The van der Waals surface area contributed by atoms with Gasteiger partial charge in [-0.3, -0.25) is 9.59 Å². The fraction of sp³-hybridized carbons (Fsp3) is 0.294. The molecule has 0 aliphatic carbocycles. The Morgan fingerprint density at radius 1 is 1.28 bits per heavy atom. The van der Waals surface area contributed by atoms with Gasteiger partial charge in [0.25, 0.3) is 5.56 Å². The second kappa shape index (κ2) is 7.52. The van der Waals surface area contributed by atoms with Crippen LogP contribution in [0.5, 0.6) is 0 Å². The summed E-state index contributed by atoms with van der Waals surface area (Å²) in [5, 5.41) is 9.35. The topological polar surface area (TPSA) is 81.8 Å². The number of imidazole rings is 1. The van der Waals surface area contributed by atoms with E-state index in [1.807, 2.05) is 42.9 Å². The number of hydrogen-bond donors (Lipinski definition) is 1. The molecule has 130 valence electrons. The van der Waals surface area contributed by atoms with E-state index in [0.717, 1.165) is 16.2 Å². The summed E-state index contributed by atoms with van der Waals surface area (Å²) >= 11 is 1.56. The van der Waals surface area contributed by atoms with Crippen LogP contribution in [0.2, 0.25) is 0 Å². The van der Waals surface area contributed by atoms with Gasteiger partial charge in [0.2, 0.25) is 5.91 Å². The first-order valence-electron chi connectivity index (χ1n) is 7.89. The number of carbonyl (C=O) groups is 1. The van der Waals surface area contributed by atoms with Crippen LogP contribution in [0.4, 0.5) is 0 Å². The van der Waals surface area contributed by atoms with Crippen molar-refractivity contribution in [2.75, 3.05) is 12.3 Å². The number of rotatable bonds is 6. The molecule has 2 aromatic heterocycles. The van der Waals surface area contributed by atoms with Crippen LogP contribution in [0.1, 0.15) is 5.69 Å². The molecule has 0 atom stereocenters. The van der Waals surface area contributed by atoms with Crippen molar-refractivity contribution in [2.45, 2.75) is 18.6 Å². The zero-order chi connectivity index (χ0) is 17.8. The second-order valence-corrected chi connectivity index (χ2v) is 6.68. The molecule has 0 aliphatic heterocycles. The van der Waals surface area contributed by atoms with Crippen LogP contribution >= 0.6 is 11.8 Å². The molecule has 8 heteroatoms. The molecule has 3 rings (SSSR count). The van der Waals surface area contributed by atoms with Gasteiger partial charge in [0.1, 0.15) is 6.54 Å². The summed E-state index contributed by atoms with van der Waals surface area (Å²) in [4.78, 5) is 28.8. The van der Waals surface area contributed by atoms with Crippen molar-refractivity contribution in [3.05, 3.63) is 52.7 Å². The summed E-state index contributed by atoms with van der Waals surface area (Å²) < 4.78 is 3.15. The Morgan fingerprint density at radius 3 is 2.76 bits per heavy atom. The van der Waals surface area contributed by atoms with Crippen molar-refractivity contribution in [1.29, 1.82) is 0 Å². The predicted octanol–water partition coefficient (Wildman–Crippen LogP) is 1.35. The minimum absolute atomic E-state index is 0.0857. The number of nitrogens with zero attached hydrogens (tertiary/aromatic N) is 4. The molecule has 25 heavy (non-hydrogen) atoms. The summed E-state index contributed by atoms with van der Waals surface area (Å²) in [5.74, 6) is 0.472. The molecule has 0 fully saturated rings. The smallest absolute Gasteiger partial charge is 0.275 e. The summed E-state index contributed by atoms with van der Waals surface area (Å²) in [7, 11) is 1.92. The summed E-state index contributed by atoms with van der Waals surface area (Å²) in [6.07, 6.45) is 3.61. The van der Waals surface area contributed by atoms with Crippen molar-refractivity contribution in [3.63, 3.8) is 0 Å². The van der Waals surface area contributed by atoms with Crippen molar-refractivity contribution in [2.24, 2.45) is 7.05 Å². The van der Waals surface area contributed by atoms with Crippen molar-refractivity contribution in [3.8, 4) is 0 Å². The van der Waals surface area contributed by atoms with E-state index in [1.165, 1.54) is 4.68 Å². The highest BCUT2D eigenvalue weighted by atomic mass is 32.2. The van der Waals surface area contributed by atoms with Gasteiger partial charge in [0.15, 0.2) is 5.16 Å². The number of amides is 1. The van der Waals surface area contributed by atoms with Crippen LogP contribution in [-0.2, 0) is 18.4 Å². The number of aryl methyl sites for hydroxylation is 2. The molecule has 7 nitrogen and oxygen atoms in total. The first-order valence-corrected chi connectivity index (χ1v) is 8.88. The maximum absolute atomic E-state index is 12.4. The Hall–Kier alpha value is -2.61. The molecule has 1 N–H and O–H groups in total. The van der Waals surface area contributed by atoms with Crippen LogP contribution in [0.25, 0.3) is 10.8 Å². The Bertz CT molecular complexity index is 963. The molecule has 0 saturated carbocycles. The van der Waals surface area contributed by atoms with Gasteiger partial charge in [-0.15, -0.1) is 0 Å². The van der Waals surface area contributed by atoms with E-state index in [2.05, 4.69) is 15.4 Å². The van der Waals surface area contributed by atoms with E-state index in [4.69, 9.17) is 0 Å². The number of hydrogen-bond acceptors (Lipinski definition) is 5. The Balaban J connectivity index is 1.60. The summed E-state index contributed by atoms with van der Waals surface area (Å²) in [6, 6.07) is 7.29. The van der Waals surface area contributed by atoms with E-state index in [9.17, 15) is 9.59 Å². The number of carbonyl (C=O) groups excluding carboxylic acids is 1. The fourth-order valence-electron chi connectivity index (χ4n) is 2.53. The number of thioether (sulfide) groups is 1. The lowest BCUT2D eigenvalue weighted by molar-refractivity contribution is -0.121. The molecular formula is C17H19N5O2S. The number of fused-ring (bicyclic) bond motifs is 1. The maximum atomic E-state index is 12.4. The third-order valence-electron chi connectivity index (χ3n) is 3.78. The Morgan fingerprint density at radius 2 is 2.04 bits per heavy atom. The molecule has 0 bridgehead atoms. The van der Waals surface area contributed by atoms with E-state index in [0.29, 0.717) is 17.7 Å². The largest absolute Gasteiger partial charge is 0.354 e. The lowest BCUT2D eigenvalue weighted by atomic mass is 10.1. The average Bonchev–Trinajstić information content (AvgIpc) is 3.01. The Kier molecular flexibility index (Phi) is 5.18. The molecule has 1 aromatic carbocycles. The van der Waals surface area contributed by atoms with Gasteiger partial charge in [0, 0.05) is 37.1 Å². The molecule has 0 saturated heterocycles. The van der Waals surface area contributed by atoms with Gasteiger partial charge in [0.05, 0.1) is 11.1 Å². The van der Waals surface area contributed by atoms with E-state index >= 15 is 0 Å². The zero-order valence-electron chi connectivity index (χ0n) is 14.1. The van der Waals surface area contributed by atoms with Gasteiger partial charge in [-0.05, 0) is 13.0 Å². The third-order valence-corrected chi connectivity index (χ3v) is 4.84. The highest BCUT2D eigenvalue weighted by Crippen LogP contribution is 2.13. The predicted molar refractivity (Wildman–Crippen MR) is 97.7 cm³/mol. The monoisotopic (exact) mass is 357 g/mol. The summed E-state index contributed by atoms with van der Waals surface area (Å²) in [5.41, 5.74) is 0.479. The lowest BCUT2D eigenvalue weighted by Gasteiger charge is -2.09. The molecule has 0 aliphatic rings. The van der Waals surface area contributed by atoms with E-state index < -0.39 is 0 Å². The van der Waals surface area contributed by atoms with E-state index in [1.54, 1.807) is 24.0 Å². The second-order valence-electron chi connectivity index (χ2n) is 5.61. The van der Waals surface area contributed by atoms with Gasteiger partial charge in [-0.25, -0.2) is 9.67 Å². The normalized spacial score (nSPS) is 11.0. The molecule has 1 amide bonds. The number of nitrogens with one attached hydrogen (secondary N) is 1. The average molecular weight is 357 g/mol. The number of aromatic nitrogens is 4. The number of benzene rings is 1. The lowest BCUT2D eigenvalue weighted by Crippen LogP contribution is -2.35. The summed E-state index contributed by atoms with van der Waals surface area (Å²) in [6.45, 7) is 2.24.